The zero-order chi connectivity index (χ0) is 18.9. The number of hydrogen-bond donors (Lipinski definition) is 2. The molecule has 1 unspecified atom stereocenters. The van der Waals surface area contributed by atoms with Crippen LogP contribution in [0.15, 0.2) is 47.4 Å². The third-order valence-corrected chi connectivity index (χ3v) is 6.65. The van der Waals surface area contributed by atoms with Crippen molar-refractivity contribution in [1.29, 1.82) is 0 Å². The molecule has 6 nitrogen and oxygen atoms in total. The van der Waals surface area contributed by atoms with Gasteiger partial charge in [-0.25, -0.2) is 8.42 Å². The molecule has 146 valence electrons. The lowest BCUT2D eigenvalue weighted by atomic mass is 10.1. The van der Waals surface area contributed by atoms with Crippen molar-refractivity contribution >= 4 is 39.9 Å². The van der Waals surface area contributed by atoms with Gasteiger partial charge in [-0.3, -0.25) is 4.79 Å². The predicted octanol–water partition coefficient (Wildman–Crippen LogP) is 2.50. The quantitative estimate of drug-likeness (QED) is 0.780. The molecule has 1 fully saturated rings. The van der Waals surface area contributed by atoms with Crippen molar-refractivity contribution in [2.45, 2.75) is 17.9 Å². The SMILES string of the molecule is Cc1ccc(S(=O)(=O)N2CCNCC2c2cccc(Cl)c2)cc1C(N)=O.Cl. The van der Waals surface area contributed by atoms with E-state index in [0.29, 0.717) is 30.2 Å². The molecule has 0 spiro atoms. The van der Waals surface area contributed by atoms with Crippen molar-refractivity contribution < 1.29 is 13.2 Å². The topological polar surface area (TPSA) is 92.5 Å². The summed E-state index contributed by atoms with van der Waals surface area (Å²) in [6.07, 6.45) is 0. The van der Waals surface area contributed by atoms with Crippen LogP contribution >= 0.6 is 24.0 Å². The van der Waals surface area contributed by atoms with E-state index in [-0.39, 0.29) is 28.9 Å². The van der Waals surface area contributed by atoms with Crippen LogP contribution in [0, 0.1) is 6.92 Å². The molecule has 0 bridgehead atoms. The van der Waals surface area contributed by atoms with Crippen LogP contribution in [0.25, 0.3) is 0 Å². The van der Waals surface area contributed by atoms with Gasteiger partial charge in [0.1, 0.15) is 0 Å². The summed E-state index contributed by atoms with van der Waals surface area (Å²) in [4.78, 5) is 11.7. The zero-order valence-electron chi connectivity index (χ0n) is 14.7. The zero-order valence-corrected chi connectivity index (χ0v) is 17.1. The molecule has 2 aromatic rings. The van der Waals surface area contributed by atoms with Crippen LogP contribution in [0.5, 0.6) is 0 Å². The van der Waals surface area contributed by atoms with E-state index in [9.17, 15) is 13.2 Å². The van der Waals surface area contributed by atoms with Gasteiger partial charge in [0.2, 0.25) is 15.9 Å². The maximum Gasteiger partial charge on any atom is 0.249 e. The number of primary amides is 1. The average Bonchev–Trinajstić information content (AvgIpc) is 2.61. The maximum atomic E-state index is 13.3. The molecule has 1 heterocycles. The summed E-state index contributed by atoms with van der Waals surface area (Å²) in [5.41, 5.74) is 7.03. The number of piperazine rings is 1. The van der Waals surface area contributed by atoms with Crippen LogP contribution in [0.4, 0.5) is 0 Å². The fourth-order valence-corrected chi connectivity index (χ4v) is 4.97. The molecule has 9 heteroatoms. The Kier molecular flexibility index (Phi) is 6.88. The van der Waals surface area contributed by atoms with E-state index in [4.69, 9.17) is 17.3 Å². The van der Waals surface area contributed by atoms with E-state index in [0.717, 1.165) is 5.56 Å². The van der Waals surface area contributed by atoms with Gasteiger partial charge in [-0.2, -0.15) is 4.31 Å². The number of carbonyl (C=O) groups excluding carboxylic acids is 1. The van der Waals surface area contributed by atoms with E-state index < -0.39 is 15.9 Å². The first-order valence-electron chi connectivity index (χ1n) is 8.19. The standard InChI is InChI=1S/C18H20ClN3O3S.ClH/c1-12-5-6-15(10-16(12)18(20)23)26(24,25)22-8-7-21-11-17(22)13-3-2-4-14(19)9-13;/h2-6,9-10,17,21H,7-8,11H2,1H3,(H2,20,23);1H. The Morgan fingerprint density at radius 3 is 2.67 bits per heavy atom. The minimum absolute atomic E-state index is 0. The Bertz CT molecular complexity index is 951. The summed E-state index contributed by atoms with van der Waals surface area (Å²) >= 11 is 6.08. The number of amides is 1. The lowest BCUT2D eigenvalue weighted by Gasteiger charge is -2.35. The lowest BCUT2D eigenvalue weighted by molar-refractivity contribution is 0.0999. The lowest BCUT2D eigenvalue weighted by Crippen LogP contribution is -2.48. The predicted molar refractivity (Wildman–Crippen MR) is 108 cm³/mol. The third kappa shape index (κ3) is 4.44. The second-order valence-electron chi connectivity index (χ2n) is 6.23. The molecule has 1 amide bonds. The molecule has 0 radical (unpaired) electrons. The van der Waals surface area contributed by atoms with Crippen LogP contribution in [0.3, 0.4) is 0 Å². The molecule has 0 aromatic heterocycles. The second kappa shape index (κ2) is 8.58. The first-order chi connectivity index (χ1) is 12.3. The number of benzene rings is 2. The number of nitrogens with two attached hydrogens (primary N) is 1. The Balaban J connectivity index is 0.00000261. The largest absolute Gasteiger partial charge is 0.366 e. The first kappa shape index (κ1) is 21.7. The highest BCUT2D eigenvalue weighted by Crippen LogP contribution is 2.30. The van der Waals surface area contributed by atoms with E-state index in [1.165, 1.54) is 16.4 Å². The van der Waals surface area contributed by atoms with E-state index >= 15 is 0 Å². The van der Waals surface area contributed by atoms with Gasteiger partial charge in [0.25, 0.3) is 0 Å². The summed E-state index contributed by atoms with van der Waals surface area (Å²) in [6.45, 7) is 3.06. The fourth-order valence-electron chi connectivity index (χ4n) is 3.13. The Morgan fingerprint density at radius 2 is 2.00 bits per heavy atom. The van der Waals surface area contributed by atoms with Crippen LogP contribution < -0.4 is 11.1 Å². The van der Waals surface area contributed by atoms with Gasteiger partial charge >= 0.3 is 0 Å². The monoisotopic (exact) mass is 429 g/mol. The molecule has 1 aliphatic rings. The van der Waals surface area contributed by atoms with Crippen molar-refractivity contribution in [2.75, 3.05) is 19.6 Å². The van der Waals surface area contributed by atoms with Crippen LogP contribution in [0.2, 0.25) is 5.02 Å². The summed E-state index contributed by atoms with van der Waals surface area (Å²) in [7, 11) is -3.80. The molecule has 2 aromatic carbocycles. The summed E-state index contributed by atoms with van der Waals surface area (Å²) in [5, 5.41) is 3.77. The summed E-state index contributed by atoms with van der Waals surface area (Å²) in [5.74, 6) is -0.647. The molecule has 3 rings (SSSR count). The molecule has 0 saturated carbocycles. The van der Waals surface area contributed by atoms with Gasteiger partial charge in [-0.15, -0.1) is 12.4 Å². The number of hydrogen-bond acceptors (Lipinski definition) is 4. The van der Waals surface area contributed by atoms with Gasteiger partial charge in [0.15, 0.2) is 0 Å². The number of halogens is 2. The highest BCUT2D eigenvalue weighted by molar-refractivity contribution is 7.89. The molecule has 1 saturated heterocycles. The molecule has 1 atom stereocenters. The van der Waals surface area contributed by atoms with Gasteiger partial charge in [-0.1, -0.05) is 29.8 Å². The Labute approximate surface area is 170 Å². The highest BCUT2D eigenvalue weighted by Gasteiger charge is 2.34. The summed E-state index contributed by atoms with van der Waals surface area (Å²) < 4.78 is 28.0. The molecule has 3 N–H and O–H groups in total. The maximum absolute atomic E-state index is 13.3. The number of sulfonamides is 1. The second-order valence-corrected chi connectivity index (χ2v) is 8.56. The van der Waals surface area contributed by atoms with Gasteiger partial charge in [-0.05, 0) is 42.3 Å². The van der Waals surface area contributed by atoms with Crippen molar-refractivity contribution in [3.8, 4) is 0 Å². The number of rotatable bonds is 4. The Hall–Kier alpha value is -1.64. The van der Waals surface area contributed by atoms with Crippen LogP contribution in [-0.2, 0) is 10.0 Å². The average molecular weight is 430 g/mol. The number of nitrogens with one attached hydrogen (secondary N) is 1. The summed E-state index contributed by atoms with van der Waals surface area (Å²) in [6, 6.07) is 11.3. The number of aryl methyl sites for hydroxylation is 1. The Morgan fingerprint density at radius 1 is 1.26 bits per heavy atom. The van der Waals surface area contributed by atoms with E-state index in [1.54, 1.807) is 31.2 Å². The van der Waals surface area contributed by atoms with E-state index in [1.807, 2.05) is 6.07 Å². The molecule has 27 heavy (non-hydrogen) atoms. The van der Waals surface area contributed by atoms with Crippen molar-refractivity contribution in [3.05, 3.63) is 64.2 Å². The minimum atomic E-state index is -3.80. The van der Waals surface area contributed by atoms with Gasteiger partial charge < -0.3 is 11.1 Å². The van der Waals surface area contributed by atoms with E-state index in [2.05, 4.69) is 5.32 Å². The number of carbonyl (C=O) groups is 1. The normalized spacial score (nSPS) is 17.9. The highest BCUT2D eigenvalue weighted by atomic mass is 35.5. The third-order valence-electron chi connectivity index (χ3n) is 4.51. The molecule has 0 aliphatic carbocycles. The van der Waals surface area contributed by atoms with Crippen LogP contribution in [0.1, 0.15) is 27.5 Å². The minimum Gasteiger partial charge on any atom is -0.366 e. The first-order valence-corrected chi connectivity index (χ1v) is 10.0. The smallest absolute Gasteiger partial charge is 0.249 e. The molecular weight excluding hydrogens is 409 g/mol. The van der Waals surface area contributed by atoms with Gasteiger partial charge in [0.05, 0.1) is 10.9 Å². The van der Waals surface area contributed by atoms with Crippen molar-refractivity contribution in [1.82, 2.24) is 9.62 Å². The molecule has 1 aliphatic heterocycles. The number of nitrogens with zero attached hydrogens (tertiary/aromatic N) is 1. The van der Waals surface area contributed by atoms with Crippen molar-refractivity contribution in [2.24, 2.45) is 5.73 Å². The van der Waals surface area contributed by atoms with Crippen molar-refractivity contribution in [3.63, 3.8) is 0 Å². The van der Waals surface area contributed by atoms with Crippen LogP contribution in [-0.4, -0.2) is 38.3 Å². The fraction of sp³-hybridized carbons (Fsp3) is 0.278. The van der Waals surface area contributed by atoms with Gasteiger partial charge in [0, 0.05) is 30.2 Å². The molecular formula is C18H21Cl2N3O3S.